The number of nitrogens with one attached hydrogen (secondary N) is 2. The largest absolute Gasteiger partial charge is 0.337 e. The van der Waals surface area contributed by atoms with Crippen LogP contribution in [0, 0.1) is 0 Å². The van der Waals surface area contributed by atoms with Crippen LogP contribution in [0.2, 0.25) is 0 Å². The molecule has 122 valence electrons. The van der Waals surface area contributed by atoms with E-state index < -0.39 is 0 Å². The Morgan fingerprint density at radius 3 is 2.50 bits per heavy atom. The van der Waals surface area contributed by atoms with E-state index in [9.17, 15) is 4.79 Å². The summed E-state index contributed by atoms with van der Waals surface area (Å²) in [6, 6.07) is 18.8. The van der Waals surface area contributed by atoms with Crippen molar-refractivity contribution in [1.29, 1.82) is 0 Å². The second-order valence-electron chi connectivity index (χ2n) is 4.80. The van der Waals surface area contributed by atoms with Gasteiger partial charge < -0.3 is 10.6 Å². The normalized spacial score (nSPS) is 10.3. The Morgan fingerprint density at radius 2 is 1.75 bits per heavy atom. The van der Waals surface area contributed by atoms with Crippen molar-refractivity contribution in [2.45, 2.75) is 5.16 Å². The second kappa shape index (κ2) is 8.11. The van der Waals surface area contributed by atoms with Crippen molar-refractivity contribution in [2.24, 2.45) is 0 Å². The molecule has 0 fully saturated rings. The molecule has 0 atom stereocenters. The van der Waals surface area contributed by atoms with Crippen LogP contribution in [0.5, 0.6) is 0 Å². The molecule has 0 radical (unpaired) electrons. The number of para-hydroxylation sites is 2. The molecule has 3 rings (SSSR count). The van der Waals surface area contributed by atoms with Gasteiger partial charge in [0.05, 0.1) is 5.69 Å². The predicted octanol–water partition coefficient (Wildman–Crippen LogP) is 2.58. The number of amides is 2. The van der Waals surface area contributed by atoms with Gasteiger partial charge in [-0.15, -0.1) is 5.10 Å². The maximum Gasteiger partial charge on any atom is 0.319 e. The minimum atomic E-state index is -0.232. The van der Waals surface area contributed by atoms with E-state index in [0.29, 0.717) is 17.5 Å². The van der Waals surface area contributed by atoms with Crippen LogP contribution in [0.15, 0.2) is 65.8 Å². The molecule has 8 heteroatoms. The molecule has 1 aromatic heterocycles. The van der Waals surface area contributed by atoms with Crippen LogP contribution >= 0.6 is 11.8 Å². The van der Waals surface area contributed by atoms with Gasteiger partial charge in [0.15, 0.2) is 0 Å². The number of hydrogen-bond acceptors (Lipinski definition) is 5. The summed E-state index contributed by atoms with van der Waals surface area (Å²) in [6.07, 6.45) is 0. The van der Waals surface area contributed by atoms with Crippen molar-refractivity contribution < 1.29 is 4.79 Å². The summed E-state index contributed by atoms with van der Waals surface area (Å²) in [6.45, 7) is 0.505. The van der Waals surface area contributed by atoms with Crippen LogP contribution in [-0.4, -0.2) is 38.5 Å². The number of carbonyl (C=O) groups excluding carboxylic acids is 1. The highest BCUT2D eigenvalue weighted by atomic mass is 32.2. The Labute approximate surface area is 143 Å². The Bertz CT molecular complexity index is 778. The van der Waals surface area contributed by atoms with Gasteiger partial charge in [0.2, 0.25) is 5.16 Å². The fourth-order valence-corrected chi connectivity index (χ4v) is 2.75. The summed E-state index contributed by atoms with van der Waals surface area (Å²) >= 11 is 1.48. The van der Waals surface area contributed by atoms with E-state index in [1.807, 2.05) is 60.7 Å². The van der Waals surface area contributed by atoms with Gasteiger partial charge in [-0.2, -0.15) is 4.68 Å². The zero-order chi connectivity index (χ0) is 16.6. The van der Waals surface area contributed by atoms with Crippen LogP contribution in [0.1, 0.15) is 0 Å². The number of hydrogen-bond donors (Lipinski definition) is 2. The number of aromatic nitrogens is 4. The van der Waals surface area contributed by atoms with Crippen molar-refractivity contribution in [1.82, 2.24) is 25.5 Å². The highest BCUT2D eigenvalue weighted by Crippen LogP contribution is 2.17. The third kappa shape index (κ3) is 4.32. The number of urea groups is 1. The molecule has 0 aliphatic heterocycles. The second-order valence-corrected chi connectivity index (χ2v) is 5.87. The van der Waals surface area contributed by atoms with Crippen molar-refractivity contribution in [3.8, 4) is 5.69 Å². The van der Waals surface area contributed by atoms with Crippen LogP contribution in [0.3, 0.4) is 0 Å². The van der Waals surface area contributed by atoms with Gasteiger partial charge in [0.25, 0.3) is 0 Å². The molecule has 2 amide bonds. The van der Waals surface area contributed by atoms with E-state index in [1.165, 1.54) is 11.8 Å². The fraction of sp³-hybridized carbons (Fsp3) is 0.125. The molecular weight excluding hydrogens is 324 g/mol. The lowest BCUT2D eigenvalue weighted by Crippen LogP contribution is -2.30. The summed E-state index contributed by atoms with van der Waals surface area (Å²) in [5, 5.41) is 18.0. The first-order valence-electron chi connectivity index (χ1n) is 7.39. The standard InChI is InChI=1S/C16H16N6OS/c23-15(18-13-7-3-1-4-8-13)17-11-12-24-16-19-20-21-22(16)14-9-5-2-6-10-14/h1-10H,11-12H2,(H2,17,18,23). The van der Waals surface area contributed by atoms with Crippen molar-refractivity contribution in [3.63, 3.8) is 0 Å². The maximum absolute atomic E-state index is 11.8. The van der Waals surface area contributed by atoms with Gasteiger partial charge in [-0.3, -0.25) is 0 Å². The van der Waals surface area contributed by atoms with Crippen molar-refractivity contribution >= 4 is 23.5 Å². The van der Waals surface area contributed by atoms with Crippen LogP contribution in [-0.2, 0) is 0 Å². The molecule has 24 heavy (non-hydrogen) atoms. The molecule has 0 aliphatic rings. The third-order valence-electron chi connectivity index (χ3n) is 3.09. The Kier molecular flexibility index (Phi) is 5.41. The van der Waals surface area contributed by atoms with Crippen molar-refractivity contribution in [3.05, 3.63) is 60.7 Å². The first kappa shape index (κ1) is 16.0. The zero-order valence-electron chi connectivity index (χ0n) is 12.8. The Morgan fingerprint density at radius 1 is 1.04 bits per heavy atom. The minimum absolute atomic E-state index is 0.232. The van der Waals surface area contributed by atoms with E-state index in [0.717, 1.165) is 11.4 Å². The fourth-order valence-electron chi connectivity index (χ4n) is 2.00. The van der Waals surface area contributed by atoms with Crippen LogP contribution in [0.4, 0.5) is 10.5 Å². The monoisotopic (exact) mass is 340 g/mol. The maximum atomic E-state index is 11.8. The average molecular weight is 340 g/mol. The molecule has 1 heterocycles. The lowest BCUT2D eigenvalue weighted by Gasteiger charge is -2.07. The van der Waals surface area contributed by atoms with E-state index in [2.05, 4.69) is 26.2 Å². The zero-order valence-corrected chi connectivity index (χ0v) is 13.6. The number of rotatable bonds is 6. The van der Waals surface area contributed by atoms with Crippen LogP contribution in [0.25, 0.3) is 5.69 Å². The third-order valence-corrected chi connectivity index (χ3v) is 4.01. The van der Waals surface area contributed by atoms with Crippen LogP contribution < -0.4 is 10.6 Å². The molecule has 0 aliphatic carbocycles. The quantitative estimate of drug-likeness (QED) is 0.532. The number of nitrogens with zero attached hydrogens (tertiary/aromatic N) is 4. The summed E-state index contributed by atoms with van der Waals surface area (Å²) in [7, 11) is 0. The topological polar surface area (TPSA) is 84.7 Å². The smallest absolute Gasteiger partial charge is 0.319 e. The molecule has 0 spiro atoms. The number of benzene rings is 2. The summed E-state index contributed by atoms with van der Waals surface area (Å²) in [4.78, 5) is 11.8. The van der Waals surface area contributed by atoms with Gasteiger partial charge >= 0.3 is 6.03 Å². The lowest BCUT2D eigenvalue weighted by molar-refractivity contribution is 0.252. The molecule has 0 bridgehead atoms. The SMILES string of the molecule is O=C(NCCSc1nnnn1-c1ccccc1)Nc1ccccc1. The molecule has 3 aromatic rings. The predicted molar refractivity (Wildman–Crippen MR) is 93.3 cm³/mol. The average Bonchev–Trinajstić information content (AvgIpc) is 3.09. The van der Waals surface area contributed by atoms with E-state index in [4.69, 9.17) is 0 Å². The lowest BCUT2D eigenvalue weighted by atomic mass is 10.3. The molecule has 0 unspecified atom stereocenters. The highest BCUT2D eigenvalue weighted by Gasteiger charge is 2.08. The highest BCUT2D eigenvalue weighted by molar-refractivity contribution is 7.99. The summed E-state index contributed by atoms with van der Waals surface area (Å²) in [5.41, 5.74) is 1.66. The molecule has 0 saturated heterocycles. The Balaban J connectivity index is 1.46. The molecule has 2 aromatic carbocycles. The minimum Gasteiger partial charge on any atom is -0.337 e. The molecule has 0 saturated carbocycles. The van der Waals surface area contributed by atoms with Gasteiger partial charge in [-0.1, -0.05) is 48.2 Å². The molecule has 2 N–H and O–H groups in total. The van der Waals surface area contributed by atoms with E-state index in [-0.39, 0.29) is 6.03 Å². The van der Waals surface area contributed by atoms with Gasteiger partial charge in [0, 0.05) is 18.0 Å². The van der Waals surface area contributed by atoms with Gasteiger partial charge in [-0.25, -0.2) is 4.79 Å². The first-order chi connectivity index (χ1) is 11.8. The number of thioether (sulfide) groups is 1. The van der Waals surface area contributed by atoms with E-state index >= 15 is 0 Å². The summed E-state index contributed by atoms with van der Waals surface area (Å²) in [5.74, 6) is 0.662. The number of tetrazole rings is 1. The molecular formula is C16H16N6OS. The van der Waals surface area contributed by atoms with Gasteiger partial charge in [0.1, 0.15) is 0 Å². The Hall–Kier alpha value is -2.87. The first-order valence-corrected chi connectivity index (χ1v) is 8.38. The number of carbonyl (C=O) groups is 1. The summed E-state index contributed by atoms with van der Waals surface area (Å²) < 4.78 is 1.68. The molecule has 7 nitrogen and oxygen atoms in total. The van der Waals surface area contributed by atoms with Gasteiger partial charge in [-0.05, 0) is 34.7 Å². The number of anilines is 1. The van der Waals surface area contributed by atoms with Crippen molar-refractivity contribution in [2.75, 3.05) is 17.6 Å². The van der Waals surface area contributed by atoms with E-state index in [1.54, 1.807) is 4.68 Å².